The molecular formula is C18H20BrN3O. The maximum absolute atomic E-state index is 9.42. The maximum Gasteiger partial charge on any atom is 0.0936 e. The molecule has 0 fully saturated rings. The minimum absolute atomic E-state index is 0.473. The van der Waals surface area contributed by atoms with Gasteiger partial charge < -0.3 is 5.21 Å². The minimum Gasteiger partial charge on any atom is -0.411 e. The first kappa shape index (κ1) is 16.1. The fourth-order valence-electron chi connectivity index (χ4n) is 3.24. The highest BCUT2D eigenvalue weighted by atomic mass is 79.9. The fourth-order valence-corrected chi connectivity index (χ4v) is 3.50. The van der Waals surface area contributed by atoms with Crippen LogP contribution < -0.4 is 0 Å². The van der Waals surface area contributed by atoms with Crippen LogP contribution in [-0.4, -0.2) is 21.1 Å². The van der Waals surface area contributed by atoms with Crippen LogP contribution >= 0.6 is 15.9 Å². The third-order valence-electron chi connectivity index (χ3n) is 4.21. The predicted octanol–water partition coefficient (Wildman–Crippen LogP) is 4.69. The molecular weight excluding hydrogens is 354 g/mol. The summed E-state index contributed by atoms with van der Waals surface area (Å²) in [7, 11) is 0. The van der Waals surface area contributed by atoms with Crippen LogP contribution in [0.4, 0.5) is 0 Å². The van der Waals surface area contributed by atoms with Crippen molar-refractivity contribution in [3.8, 4) is 11.3 Å². The number of oxime groups is 1. The molecule has 1 aromatic heterocycles. The van der Waals surface area contributed by atoms with Crippen LogP contribution in [0.15, 0.2) is 40.0 Å². The highest BCUT2D eigenvalue weighted by molar-refractivity contribution is 9.10. The minimum atomic E-state index is 0.473. The van der Waals surface area contributed by atoms with Gasteiger partial charge in [-0.2, -0.15) is 10.2 Å². The summed E-state index contributed by atoms with van der Waals surface area (Å²) in [6.07, 6.45) is 2.81. The van der Waals surface area contributed by atoms with Crippen LogP contribution in [0, 0.1) is 11.8 Å². The lowest BCUT2D eigenvalue weighted by Gasteiger charge is -2.25. The smallest absolute Gasteiger partial charge is 0.0936 e. The first-order chi connectivity index (χ1) is 11.1. The van der Waals surface area contributed by atoms with Crippen molar-refractivity contribution in [1.29, 1.82) is 0 Å². The number of aromatic nitrogens is 2. The monoisotopic (exact) mass is 373 g/mol. The zero-order valence-corrected chi connectivity index (χ0v) is 14.9. The third-order valence-corrected chi connectivity index (χ3v) is 4.74. The van der Waals surface area contributed by atoms with Gasteiger partial charge in [0.2, 0.25) is 0 Å². The van der Waals surface area contributed by atoms with Crippen molar-refractivity contribution in [2.24, 2.45) is 17.0 Å². The number of hydrogen-bond donors (Lipinski definition) is 1. The number of nitrogens with zero attached hydrogens (tertiary/aromatic N) is 3. The second-order valence-corrected chi connectivity index (χ2v) is 7.46. The Morgan fingerprint density at radius 1 is 1.22 bits per heavy atom. The zero-order valence-electron chi connectivity index (χ0n) is 13.3. The summed E-state index contributed by atoms with van der Waals surface area (Å²) in [4.78, 5) is 0. The van der Waals surface area contributed by atoms with E-state index in [0.717, 1.165) is 52.0 Å². The van der Waals surface area contributed by atoms with E-state index in [9.17, 15) is 5.21 Å². The first-order valence-electron chi connectivity index (χ1n) is 7.90. The molecule has 0 amide bonds. The highest BCUT2D eigenvalue weighted by Gasteiger charge is 2.26. The Labute approximate surface area is 144 Å². The SMILES string of the molecule is CC(C)C[C@H]1C/C(=N/O)c2cc(-c3ccc(Br)cc3)nnc2C1. The molecule has 23 heavy (non-hydrogen) atoms. The molecule has 0 bridgehead atoms. The van der Waals surface area contributed by atoms with E-state index >= 15 is 0 Å². The molecule has 1 heterocycles. The number of rotatable bonds is 3. The average Bonchev–Trinajstić information content (AvgIpc) is 2.54. The summed E-state index contributed by atoms with van der Waals surface area (Å²) in [5.41, 5.74) is 4.41. The molecule has 120 valence electrons. The van der Waals surface area contributed by atoms with E-state index in [1.165, 1.54) is 0 Å². The number of halogens is 1. The van der Waals surface area contributed by atoms with E-state index in [1.807, 2.05) is 30.3 Å². The van der Waals surface area contributed by atoms with E-state index in [1.54, 1.807) is 0 Å². The van der Waals surface area contributed by atoms with Gasteiger partial charge in [-0.05, 0) is 49.3 Å². The molecule has 2 aromatic rings. The van der Waals surface area contributed by atoms with Gasteiger partial charge in [-0.25, -0.2) is 0 Å². The van der Waals surface area contributed by atoms with E-state index in [-0.39, 0.29) is 0 Å². The Morgan fingerprint density at radius 2 is 1.96 bits per heavy atom. The van der Waals surface area contributed by atoms with Crippen LogP contribution in [0.5, 0.6) is 0 Å². The van der Waals surface area contributed by atoms with Gasteiger partial charge in [-0.15, -0.1) is 0 Å². The van der Waals surface area contributed by atoms with Crippen LogP contribution in [0.1, 0.15) is 37.9 Å². The van der Waals surface area contributed by atoms with Crippen molar-refractivity contribution in [1.82, 2.24) is 10.2 Å². The van der Waals surface area contributed by atoms with Crippen molar-refractivity contribution in [3.05, 3.63) is 46.1 Å². The molecule has 3 rings (SSSR count). The number of benzene rings is 1. The zero-order chi connectivity index (χ0) is 16.4. The molecule has 5 heteroatoms. The van der Waals surface area contributed by atoms with Gasteiger partial charge in [-0.1, -0.05) is 47.1 Å². The van der Waals surface area contributed by atoms with Gasteiger partial charge in [0.15, 0.2) is 0 Å². The lowest BCUT2D eigenvalue weighted by atomic mass is 9.81. The number of hydrogen-bond acceptors (Lipinski definition) is 4. The predicted molar refractivity (Wildman–Crippen MR) is 94.8 cm³/mol. The Morgan fingerprint density at radius 3 is 2.61 bits per heavy atom. The molecule has 1 N–H and O–H groups in total. The number of fused-ring (bicyclic) bond motifs is 1. The molecule has 1 atom stereocenters. The summed E-state index contributed by atoms with van der Waals surface area (Å²) in [5.74, 6) is 1.10. The summed E-state index contributed by atoms with van der Waals surface area (Å²) in [6, 6.07) is 9.96. The Balaban J connectivity index is 1.95. The average molecular weight is 374 g/mol. The van der Waals surface area contributed by atoms with Crippen molar-refractivity contribution >= 4 is 21.6 Å². The first-order valence-corrected chi connectivity index (χ1v) is 8.70. The second-order valence-electron chi connectivity index (χ2n) is 6.55. The summed E-state index contributed by atoms with van der Waals surface area (Å²) < 4.78 is 1.03. The Bertz CT molecular complexity index is 726. The highest BCUT2D eigenvalue weighted by Crippen LogP contribution is 2.31. The van der Waals surface area contributed by atoms with Crippen molar-refractivity contribution in [2.75, 3.05) is 0 Å². The molecule has 1 aromatic carbocycles. The Hall–Kier alpha value is -1.75. The van der Waals surface area contributed by atoms with Crippen LogP contribution in [0.3, 0.4) is 0 Å². The van der Waals surface area contributed by atoms with E-state index in [0.29, 0.717) is 11.8 Å². The van der Waals surface area contributed by atoms with E-state index in [2.05, 4.69) is 45.1 Å². The largest absolute Gasteiger partial charge is 0.411 e. The van der Waals surface area contributed by atoms with Gasteiger partial charge in [-0.3, -0.25) is 0 Å². The Kier molecular flexibility index (Phi) is 4.76. The van der Waals surface area contributed by atoms with Crippen LogP contribution in [0.25, 0.3) is 11.3 Å². The normalized spacial score (nSPS) is 19.1. The van der Waals surface area contributed by atoms with Gasteiger partial charge in [0.05, 0.1) is 17.1 Å². The summed E-state index contributed by atoms with van der Waals surface area (Å²) in [5, 5.41) is 21.8. The van der Waals surface area contributed by atoms with Crippen molar-refractivity contribution in [2.45, 2.75) is 33.1 Å². The second kappa shape index (κ2) is 6.79. The summed E-state index contributed by atoms with van der Waals surface area (Å²) in [6.45, 7) is 4.43. The van der Waals surface area contributed by atoms with E-state index in [4.69, 9.17) is 0 Å². The third kappa shape index (κ3) is 3.61. The van der Waals surface area contributed by atoms with Crippen molar-refractivity contribution in [3.63, 3.8) is 0 Å². The topological polar surface area (TPSA) is 58.4 Å². The molecule has 1 aliphatic carbocycles. The van der Waals surface area contributed by atoms with Crippen LogP contribution in [-0.2, 0) is 6.42 Å². The van der Waals surface area contributed by atoms with Gasteiger partial charge in [0.25, 0.3) is 0 Å². The van der Waals surface area contributed by atoms with Crippen molar-refractivity contribution < 1.29 is 5.21 Å². The molecule has 0 spiro atoms. The molecule has 4 nitrogen and oxygen atoms in total. The molecule has 0 unspecified atom stereocenters. The lowest BCUT2D eigenvalue weighted by molar-refractivity contribution is 0.313. The molecule has 1 aliphatic rings. The molecule has 0 aliphatic heterocycles. The van der Waals surface area contributed by atoms with Gasteiger partial charge in [0, 0.05) is 15.6 Å². The molecule has 0 saturated heterocycles. The van der Waals surface area contributed by atoms with Crippen LogP contribution in [0.2, 0.25) is 0 Å². The lowest BCUT2D eigenvalue weighted by Crippen LogP contribution is -2.24. The summed E-state index contributed by atoms with van der Waals surface area (Å²) >= 11 is 3.44. The molecule has 0 radical (unpaired) electrons. The standard InChI is InChI=1S/C18H20BrN3O/c1-11(2)7-12-8-17-15(18(9-12)22-23)10-16(20-21-17)13-3-5-14(19)6-4-13/h3-6,10-12,23H,7-9H2,1-2H3/b22-18-/t12-/m1/s1. The van der Waals surface area contributed by atoms with Gasteiger partial charge >= 0.3 is 0 Å². The maximum atomic E-state index is 9.42. The van der Waals surface area contributed by atoms with Gasteiger partial charge in [0.1, 0.15) is 0 Å². The van der Waals surface area contributed by atoms with E-state index < -0.39 is 0 Å². The quantitative estimate of drug-likeness (QED) is 0.626. The fraction of sp³-hybridized carbons (Fsp3) is 0.389. The molecule has 0 saturated carbocycles.